The summed E-state index contributed by atoms with van der Waals surface area (Å²) < 4.78 is 0. The zero-order chi connectivity index (χ0) is 26.7. The molecule has 1 rings (SSSR count). The van der Waals surface area contributed by atoms with E-state index in [1.807, 2.05) is 0 Å². The van der Waals surface area contributed by atoms with Crippen molar-refractivity contribution >= 4 is 29.7 Å². The van der Waals surface area contributed by atoms with Crippen molar-refractivity contribution in [1.82, 2.24) is 25.9 Å². The number of hydrogen-bond donors (Lipinski definition) is 8. The summed E-state index contributed by atoms with van der Waals surface area (Å²) in [5.41, 5.74) is 6.12. The number of amides is 3. The Labute approximate surface area is 202 Å². The van der Waals surface area contributed by atoms with Gasteiger partial charge in [-0.25, -0.2) is 9.78 Å². The number of carboxylic acids is 2. The Kier molecular flexibility index (Phi) is 11.8. The molecule has 0 spiro atoms. The first-order valence-corrected chi connectivity index (χ1v) is 11.1. The molecule has 0 bridgehead atoms. The lowest BCUT2D eigenvalue weighted by molar-refractivity contribution is -0.143. The Morgan fingerprint density at radius 1 is 1.03 bits per heavy atom. The van der Waals surface area contributed by atoms with Gasteiger partial charge in [0.15, 0.2) is 0 Å². The molecular weight excluding hydrogens is 464 g/mol. The van der Waals surface area contributed by atoms with Crippen molar-refractivity contribution in [2.24, 2.45) is 11.7 Å². The lowest BCUT2D eigenvalue weighted by atomic mass is 9.97. The van der Waals surface area contributed by atoms with Crippen molar-refractivity contribution in [2.45, 2.75) is 76.7 Å². The molecular formula is C21H34N6O8. The molecule has 14 nitrogen and oxygen atoms in total. The molecule has 35 heavy (non-hydrogen) atoms. The first-order valence-electron chi connectivity index (χ1n) is 11.1. The number of H-pyrrole nitrogens is 1. The van der Waals surface area contributed by atoms with Gasteiger partial charge in [-0.05, 0) is 19.3 Å². The predicted octanol–water partition coefficient (Wildman–Crippen LogP) is -1.89. The van der Waals surface area contributed by atoms with E-state index in [2.05, 4.69) is 25.9 Å². The van der Waals surface area contributed by atoms with Crippen LogP contribution in [-0.2, 0) is 30.4 Å². The summed E-state index contributed by atoms with van der Waals surface area (Å²) in [6.07, 6.45) is 1.17. The quantitative estimate of drug-likeness (QED) is 0.134. The number of nitrogens with one attached hydrogen (secondary N) is 4. The van der Waals surface area contributed by atoms with E-state index in [9.17, 15) is 34.2 Å². The van der Waals surface area contributed by atoms with Gasteiger partial charge in [-0.15, -0.1) is 0 Å². The topological polar surface area (TPSA) is 237 Å². The molecule has 0 saturated carbocycles. The summed E-state index contributed by atoms with van der Waals surface area (Å²) in [5, 5.41) is 35.0. The lowest BCUT2D eigenvalue weighted by Crippen LogP contribution is -2.60. The van der Waals surface area contributed by atoms with Gasteiger partial charge in [-0.3, -0.25) is 19.2 Å². The van der Waals surface area contributed by atoms with Crippen LogP contribution in [0.2, 0.25) is 0 Å². The maximum Gasteiger partial charge on any atom is 0.326 e. The SMILES string of the molecule is CCC(C)C(NC(=O)C(N)C(C)O)C(=O)NC(Cc1cnc[nH]1)C(=O)NC(CCC(=O)O)C(=O)O. The second kappa shape index (κ2) is 14.0. The highest BCUT2D eigenvalue weighted by molar-refractivity contribution is 5.94. The van der Waals surface area contributed by atoms with Crippen LogP contribution in [0, 0.1) is 5.92 Å². The molecule has 0 aliphatic heterocycles. The maximum atomic E-state index is 13.1. The van der Waals surface area contributed by atoms with Gasteiger partial charge in [0.2, 0.25) is 17.7 Å². The van der Waals surface area contributed by atoms with Crippen LogP contribution in [0.1, 0.15) is 45.7 Å². The van der Waals surface area contributed by atoms with Crippen LogP contribution < -0.4 is 21.7 Å². The number of nitrogens with zero attached hydrogens (tertiary/aromatic N) is 1. The molecule has 1 aromatic rings. The maximum absolute atomic E-state index is 13.1. The van der Waals surface area contributed by atoms with E-state index >= 15 is 0 Å². The van der Waals surface area contributed by atoms with E-state index in [-0.39, 0.29) is 18.8 Å². The smallest absolute Gasteiger partial charge is 0.326 e. The van der Waals surface area contributed by atoms with Crippen LogP contribution in [0.3, 0.4) is 0 Å². The van der Waals surface area contributed by atoms with E-state index in [4.69, 9.17) is 10.8 Å². The van der Waals surface area contributed by atoms with Gasteiger partial charge >= 0.3 is 11.9 Å². The zero-order valence-corrected chi connectivity index (χ0v) is 19.9. The number of nitrogens with two attached hydrogens (primary N) is 1. The molecule has 196 valence electrons. The van der Waals surface area contributed by atoms with Crippen molar-refractivity contribution in [3.8, 4) is 0 Å². The molecule has 6 atom stereocenters. The third-order valence-electron chi connectivity index (χ3n) is 5.49. The molecule has 0 radical (unpaired) electrons. The molecule has 0 aliphatic carbocycles. The van der Waals surface area contributed by atoms with Crippen LogP contribution in [0.4, 0.5) is 0 Å². The number of aliphatic hydroxyl groups excluding tert-OH is 1. The van der Waals surface area contributed by atoms with Gasteiger partial charge in [-0.2, -0.15) is 0 Å². The van der Waals surface area contributed by atoms with Crippen molar-refractivity contribution in [2.75, 3.05) is 0 Å². The van der Waals surface area contributed by atoms with Crippen molar-refractivity contribution in [3.05, 3.63) is 18.2 Å². The highest BCUT2D eigenvalue weighted by Gasteiger charge is 2.33. The largest absolute Gasteiger partial charge is 0.481 e. The number of carboxylic acid groups (broad SMARTS) is 2. The number of imidazole rings is 1. The Morgan fingerprint density at radius 3 is 2.14 bits per heavy atom. The van der Waals surface area contributed by atoms with Crippen LogP contribution in [-0.4, -0.2) is 85.2 Å². The fraction of sp³-hybridized carbons (Fsp3) is 0.619. The highest BCUT2D eigenvalue weighted by atomic mass is 16.4. The molecule has 3 amide bonds. The van der Waals surface area contributed by atoms with E-state index in [0.29, 0.717) is 12.1 Å². The van der Waals surface area contributed by atoms with Gasteiger partial charge < -0.3 is 42.0 Å². The van der Waals surface area contributed by atoms with E-state index in [1.165, 1.54) is 19.4 Å². The van der Waals surface area contributed by atoms with E-state index in [1.54, 1.807) is 13.8 Å². The molecule has 0 aromatic carbocycles. The number of aromatic nitrogens is 2. The van der Waals surface area contributed by atoms with Gasteiger partial charge in [-0.1, -0.05) is 20.3 Å². The van der Waals surface area contributed by atoms with Crippen LogP contribution in [0.15, 0.2) is 12.5 Å². The summed E-state index contributed by atoms with van der Waals surface area (Å²) in [6.45, 7) is 4.83. The lowest BCUT2D eigenvalue weighted by Gasteiger charge is -2.28. The number of aromatic amines is 1. The second-order valence-electron chi connectivity index (χ2n) is 8.31. The normalized spacial score (nSPS) is 16.1. The molecule has 14 heteroatoms. The highest BCUT2D eigenvalue weighted by Crippen LogP contribution is 2.10. The summed E-state index contributed by atoms with van der Waals surface area (Å²) in [4.78, 5) is 67.4. The number of aliphatic carboxylic acids is 2. The zero-order valence-electron chi connectivity index (χ0n) is 19.9. The molecule has 1 heterocycles. The van der Waals surface area contributed by atoms with Crippen molar-refractivity contribution in [1.29, 1.82) is 0 Å². The van der Waals surface area contributed by atoms with E-state index in [0.717, 1.165) is 0 Å². The molecule has 6 unspecified atom stereocenters. The molecule has 0 fully saturated rings. The van der Waals surface area contributed by atoms with Gasteiger partial charge in [0, 0.05) is 24.7 Å². The third kappa shape index (κ3) is 9.70. The Bertz CT molecular complexity index is 875. The van der Waals surface area contributed by atoms with Crippen molar-refractivity contribution < 1.29 is 39.3 Å². The molecule has 1 aromatic heterocycles. The minimum Gasteiger partial charge on any atom is -0.481 e. The van der Waals surface area contributed by atoms with Gasteiger partial charge in [0.05, 0.1) is 12.4 Å². The average Bonchev–Trinajstić information content (AvgIpc) is 3.30. The standard InChI is InChI=1S/C21H34N6O8/c1-4-10(2)17(27-19(32)16(22)11(3)28)20(33)26-14(7-12-8-23-9-24-12)18(31)25-13(21(34)35)5-6-15(29)30/h8-11,13-14,16-17,28H,4-7,22H2,1-3H3,(H,23,24)(H,25,31)(H,26,33)(H,27,32)(H,29,30)(H,34,35). The first-order chi connectivity index (χ1) is 16.4. The Hall–Kier alpha value is -3.52. The first kappa shape index (κ1) is 29.5. The number of carbonyl (C=O) groups is 5. The Morgan fingerprint density at radius 2 is 1.66 bits per heavy atom. The number of hydrogen-bond acceptors (Lipinski definition) is 8. The molecule has 9 N–H and O–H groups in total. The van der Waals surface area contributed by atoms with Crippen LogP contribution in [0.25, 0.3) is 0 Å². The minimum atomic E-state index is -1.49. The third-order valence-corrected chi connectivity index (χ3v) is 5.49. The summed E-state index contributed by atoms with van der Waals surface area (Å²) in [5.74, 6) is -5.37. The van der Waals surface area contributed by atoms with E-state index < -0.39 is 66.4 Å². The van der Waals surface area contributed by atoms with Crippen LogP contribution >= 0.6 is 0 Å². The summed E-state index contributed by atoms with van der Waals surface area (Å²) in [7, 11) is 0. The number of carbonyl (C=O) groups excluding carboxylic acids is 3. The number of aliphatic hydroxyl groups is 1. The minimum absolute atomic E-state index is 0.0861. The molecule has 0 saturated heterocycles. The number of rotatable bonds is 15. The monoisotopic (exact) mass is 498 g/mol. The second-order valence-corrected chi connectivity index (χ2v) is 8.31. The predicted molar refractivity (Wildman–Crippen MR) is 122 cm³/mol. The fourth-order valence-electron chi connectivity index (χ4n) is 3.05. The molecule has 0 aliphatic rings. The van der Waals surface area contributed by atoms with Gasteiger partial charge in [0.25, 0.3) is 0 Å². The van der Waals surface area contributed by atoms with Crippen molar-refractivity contribution in [3.63, 3.8) is 0 Å². The Balaban J connectivity index is 3.10. The summed E-state index contributed by atoms with van der Waals surface area (Å²) in [6, 6.07) is -5.14. The van der Waals surface area contributed by atoms with Crippen LogP contribution in [0.5, 0.6) is 0 Å². The fourth-order valence-corrected chi connectivity index (χ4v) is 3.05. The summed E-state index contributed by atoms with van der Waals surface area (Å²) >= 11 is 0. The van der Waals surface area contributed by atoms with Gasteiger partial charge in [0.1, 0.15) is 24.2 Å². The average molecular weight is 499 g/mol.